The number of carbonyl (C=O) groups excluding carboxylic acids is 2. The van der Waals surface area contributed by atoms with Crippen LogP contribution >= 0.6 is 0 Å². The van der Waals surface area contributed by atoms with Crippen LogP contribution in [-0.4, -0.2) is 24.4 Å². The van der Waals surface area contributed by atoms with E-state index in [0.717, 1.165) is 32.1 Å². The third-order valence-electron chi connectivity index (χ3n) is 5.35. The molecule has 1 saturated heterocycles. The Morgan fingerprint density at radius 1 is 1.12 bits per heavy atom. The van der Waals surface area contributed by atoms with Crippen molar-refractivity contribution in [1.82, 2.24) is 10.6 Å². The topological polar surface area (TPSA) is 58.2 Å². The number of hydrogen-bond donors (Lipinski definition) is 2. The molecule has 2 N–H and O–H groups in total. The highest BCUT2D eigenvalue weighted by Crippen LogP contribution is 2.36. The van der Waals surface area contributed by atoms with Gasteiger partial charge in [0.2, 0.25) is 11.8 Å². The highest BCUT2D eigenvalue weighted by molar-refractivity contribution is 5.88. The second-order valence-corrected chi connectivity index (χ2v) is 7.23. The van der Waals surface area contributed by atoms with Gasteiger partial charge in [-0.1, -0.05) is 42.5 Å². The molecule has 0 spiro atoms. The Kier molecular flexibility index (Phi) is 4.74. The Bertz CT molecular complexity index is 844. The van der Waals surface area contributed by atoms with E-state index in [2.05, 4.69) is 53.1 Å². The Labute approximate surface area is 154 Å². The molecule has 4 nitrogen and oxygen atoms in total. The first-order chi connectivity index (χ1) is 12.7. The van der Waals surface area contributed by atoms with Gasteiger partial charge in [0.25, 0.3) is 0 Å². The van der Waals surface area contributed by atoms with Gasteiger partial charge in [-0.3, -0.25) is 9.59 Å². The van der Waals surface area contributed by atoms with Crippen molar-refractivity contribution in [2.45, 2.75) is 44.6 Å². The molecule has 2 amide bonds. The van der Waals surface area contributed by atoms with E-state index in [4.69, 9.17) is 0 Å². The van der Waals surface area contributed by atoms with Gasteiger partial charge in [-0.15, -0.1) is 0 Å². The van der Waals surface area contributed by atoms with E-state index in [1.54, 1.807) is 0 Å². The normalized spacial score (nSPS) is 18.0. The van der Waals surface area contributed by atoms with E-state index in [9.17, 15) is 9.59 Å². The van der Waals surface area contributed by atoms with Crippen molar-refractivity contribution < 1.29 is 9.59 Å². The van der Waals surface area contributed by atoms with E-state index in [0.29, 0.717) is 13.0 Å². The molecule has 2 aliphatic rings. The van der Waals surface area contributed by atoms with Crippen molar-refractivity contribution in [2.75, 3.05) is 6.54 Å². The average Bonchev–Trinajstić information content (AvgIpc) is 3.02. The summed E-state index contributed by atoms with van der Waals surface area (Å²) in [5, 5.41) is 5.66. The van der Waals surface area contributed by atoms with Crippen LogP contribution < -0.4 is 10.6 Å². The summed E-state index contributed by atoms with van der Waals surface area (Å²) < 4.78 is 0. The third-order valence-corrected chi connectivity index (χ3v) is 5.35. The van der Waals surface area contributed by atoms with Crippen LogP contribution in [0.2, 0.25) is 0 Å². The number of aryl methyl sites for hydroxylation is 1. The number of hydrogen-bond acceptors (Lipinski definition) is 2. The molecule has 4 rings (SSSR count). The van der Waals surface area contributed by atoms with Gasteiger partial charge in [-0.05, 0) is 59.9 Å². The van der Waals surface area contributed by atoms with Crippen LogP contribution in [0.5, 0.6) is 0 Å². The summed E-state index contributed by atoms with van der Waals surface area (Å²) in [5.41, 5.74) is 6.72. The maximum atomic E-state index is 12.1. The number of amides is 2. The summed E-state index contributed by atoms with van der Waals surface area (Å²) in [7, 11) is 0. The summed E-state index contributed by atoms with van der Waals surface area (Å²) in [6, 6.07) is 14.9. The molecule has 0 bridgehead atoms. The SMILES string of the molecule is O=C(CCCc1ccc2c(c1)-c1ccccc1C2)N[C@@H]1CCCNC1=O. The zero-order valence-electron chi connectivity index (χ0n) is 14.9. The summed E-state index contributed by atoms with van der Waals surface area (Å²) in [6.45, 7) is 0.715. The fourth-order valence-corrected chi connectivity index (χ4v) is 3.96. The minimum atomic E-state index is -0.354. The fraction of sp³-hybridized carbons (Fsp3) is 0.364. The second kappa shape index (κ2) is 7.32. The molecule has 2 aromatic carbocycles. The van der Waals surface area contributed by atoms with Crippen LogP contribution in [0.25, 0.3) is 11.1 Å². The van der Waals surface area contributed by atoms with E-state index in [-0.39, 0.29) is 17.9 Å². The predicted octanol–water partition coefficient (Wildman–Crippen LogP) is 2.98. The molecule has 26 heavy (non-hydrogen) atoms. The van der Waals surface area contributed by atoms with Crippen LogP contribution in [-0.2, 0) is 22.4 Å². The van der Waals surface area contributed by atoms with Gasteiger partial charge in [-0.2, -0.15) is 0 Å². The van der Waals surface area contributed by atoms with Crippen molar-refractivity contribution in [3.8, 4) is 11.1 Å². The van der Waals surface area contributed by atoms with Crippen LogP contribution in [0, 0.1) is 0 Å². The molecule has 1 heterocycles. The van der Waals surface area contributed by atoms with E-state index in [1.165, 1.54) is 27.8 Å². The Morgan fingerprint density at radius 2 is 1.96 bits per heavy atom. The first-order valence-electron chi connectivity index (χ1n) is 9.48. The smallest absolute Gasteiger partial charge is 0.242 e. The molecule has 1 aliphatic carbocycles. The van der Waals surface area contributed by atoms with Crippen LogP contribution in [0.4, 0.5) is 0 Å². The van der Waals surface area contributed by atoms with Gasteiger partial charge in [0.15, 0.2) is 0 Å². The molecule has 134 valence electrons. The molecule has 0 radical (unpaired) electrons. The minimum absolute atomic E-state index is 0.0291. The largest absolute Gasteiger partial charge is 0.354 e. The maximum Gasteiger partial charge on any atom is 0.242 e. The van der Waals surface area contributed by atoms with E-state index >= 15 is 0 Å². The fourth-order valence-electron chi connectivity index (χ4n) is 3.96. The minimum Gasteiger partial charge on any atom is -0.354 e. The molecule has 2 aromatic rings. The summed E-state index contributed by atoms with van der Waals surface area (Å²) >= 11 is 0. The predicted molar refractivity (Wildman–Crippen MR) is 102 cm³/mol. The standard InChI is InChI=1S/C22H24N2O2/c25-21(24-20-8-4-12-23-22(20)26)9-3-5-15-10-11-17-14-16-6-1-2-7-18(16)19(17)13-15/h1-2,6-7,10-11,13,20H,3-5,8-9,12,14H2,(H,23,26)(H,24,25)/t20-/m1/s1. The average molecular weight is 348 g/mol. The monoisotopic (exact) mass is 348 g/mol. The van der Waals surface area contributed by atoms with Gasteiger partial charge >= 0.3 is 0 Å². The number of benzene rings is 2. The van der Waals surface area contributed by atoms with Crippen molar-refractivity contribution in [3.05, 3.63) is 59.2 Å². The third kappa shape index (κ3) is 3.50. The lowest BCUT2D eigenvalue weighted by atomic mass is 10.00. The summed E-state index contributed by atoms with van der Waals surface area (Å²) in [5.74, 6) is -0.0829. The number of piperidine rings is 1. The van der Waals surface area contributed by atoms with Crippen molar-refractivity contribution in [2.24, 2.45) is 0 Å². The highest BCUT2D eigenvalue weighted by atomic mass is 16.2. The Morgan fingerprint density at radius 3 is 2.85 bits per heavy atom. The first kappa shape index (κ1) is 16.8. The van der Waals surface area contributed by atoms with Gasteiger partial charge in [0, 0.05) is 13.0 Å². The van der Waals surface area contributed by atoms with E-state index in [1.807, 2.05) is 0 Å². The number of carbonyl (C=O) groups is 2. The van der Waals surface area contributed by atoms with Gasteiger partial charge in [0.05, 0.1) is 0 Å². The lowest BCUT2D eigenvalue weighted by Gasteiger charge is -2.22. The summed E-state index contributed by atoms with van der Waals surface area (Å²) in [4.78, 5) is 23.8. The highest BCUT2D eigenvalue weighted by Gasteiger charge is 2.23. The number of rotatable bonds is 5. The molecule has 0 saturated carbocycles. The Hall–Kier alpha value is -2.62. The zero-order chi connectivity index (χ0) is 17.9. The van der Waals surface area contributed by atoms with Crippen molar-refractivity contribution in [1.29, 1.82) is 0 Å². The lowest BCUT2D eigenvalue weighted by Crippen LogP contribution is -2.50. The quantitative estimate of drug-likeness (QED) is 0.745. The van der Waals surface area contributed by atoms with Crippen LogP contribution in [0.1, 0.15) is 42.4 Å². The molecule has 0 aromatic heterocycles. The maximum absolute atomic E-state index is 12.1. The van der Waals surface area contributed by atoms with E-state index < -0.39 is 0 Å². The molecular formula is C22H24N2O2. The molecule has 1 fully saturated rings. The van der Waals surface area contributed by atoms with Crippen LogP contribution in [0.3, 0.4) is 0 Å². The summed E-state index contributed by atoms with van der Waals surface area (Å²) in [6.07, 6.45) is 4.80. The van der Waals surface area contributed by atoms with Gasteiger partial charge < -0.3 is 10.6 Å². The van der Waals surface area contributed by atoms with Gasteiger partial charge in [0.1, 0.15) is 6.04 Å². The molecule has 4 heteroatoms. The Balaban J connectivity index is 1.32. The number of nitrogens with one attached hydrogen (secondary N) is 2. The van der Waals surface area contributed by atoms with Crippen LogP contribution in [0.15, 0.2) is 42.5 Å². The first-order valence-corrected chi connectivity index (χ1v) is 9.48. The molecular weight excluding hydrogens is 324 g/mol. The lowest BCUT2D eigenvalue weighted by molar-refractivity contribution is -0.130. The molecule has 1 aliphatic heterocycles. The van der Waals surface area contributed by atoms with Crippen molar-refractivity contribution >= 4 is 11.8 Å². The molecule has 0 unspecified atom stereocenters. The van der Waals surface area contributed by atoms with Gasteiger partial charge in [-0.25, -0.2) is 0 Å². The number of fused-ring (bicyclic) bond motifs is 3. The molecule has 1 atom stereocenters. The van der Waals surface area contributed by atoms with Crippen molar-refractivity contribution in [3.63, 3.8) is 0 Å². The second-order valence-electron chi connectivity index (χ2n) is 7.23. The zero-order valence-corrected chi connectivity index (χ0v) is 14.9.